The smallest absolute Gasteiger partial charge is 0.266 e. The van der Waals surface area contributed by atoms with Gasteiger partial charge in [0.05, 0.1) is 5.75 Å². The van der Waals surface area contributed by atoms with Crippen molar-refractivity contribution in [1.29, 1.82) is 0 Å². The van der Waals surface area contributed by atoms with Crippen LogP contribution >= 0.6 is 0 Å². The summed E-state index contributed by atoms with van der Waals surface area (Å²) in [6.07, 6.45) is 13.4. The molecule has 5 heteroatoms. The van der Waals surface area contributed by atoms with Crippen LogP contribution < -0.4 is 0 Å². The second-order valence-corrected chi connectivity index (χ2v) is 12.6. The quantitative estimate of drug-likeness (QED) is 0.666. The molecule has 0 radical (unpaired) electrons. The van der Waals surface area contributed by atoms with Crippen molar-refractivity contribution in [3.63, 3.8) is 0 Å². The van der Waals surface area contributed by atoms with Gasteiger partial charge >= 0.3 is 0 Å². The molecule has 0 spiro atoms. The Morgan fingerprint density at radius 3 is 2.57 bits per heavy atom. The molecule has 0 aromatic heterocycles. The SMILES string of the molecule is CC1(C)CCCC2(C)C1CCC1(C)C3=C(CCC12)CN(CCS(=O)(=O)O)C=C3. The highest BCUT2D eigenvalue weighted by atomic mass is 32.2. The molecule has 1 N–H and O–H groups in total. The first-order valence-corrected chi connectivity index (χ1v) is 12.7. The summed E-state index contributed by atoms with van der Waals surface area (Å²) in [4.78, 5) is 2.05. The molecule has 2 saturated carbocycles. The van der Waals surface area contributed by atoms with Crippen LogP contribution in [0.4, 0.5) is 0 Å². The summed E-state index contributed by atoms with van der Waals surface area (Å²) in [5.74, 6) is 1.37. The summed E-state index contributed by atoms with van der Waals surface area (Å²) in [5, 5.41) is 0. The van der Waals surface area contributed by atoms with Crippen molar-refractivity contribution in [2.75, 3.05) is 18.8 Å². The van der Waals surface area contributed by atoms with Crippen LogP contribution in [0.15, 0.2) is 23.4 Å². The molecule has 0 bridgehead atoms. The van der Waals surface area contributed by atoms with E-state index >= 15 is 0 Å². The molecule has 4 unspecified atom stereocenters. The summed E-state index contributed by atoms with van der Waals surface area (Å²) in [5.41, 5.74) is 4.17. The average molecular weight is 408 g/mol. The van der Waals surface area contributed by atoms with Gasteiger partial charge in [0.25, 0.3) is 10.1 Å². The zero-order valence-corrected chi connectivity index (χ0v) is 18.8. The standard InChI is InChI=1S/C23H37NO3S/c1-21(2)10-5-11-23(4)19(21)8-12-22(3)18-9-13-24(14-15-28(25,26)27)16-17(18)6-7-20(22)23/h9,13,19-20H,5-8,10-12,14-16H2,1-4H3,(H,25,26,27). The first-order chi connectivity index (χ1) is 13.0. The van der Waals surface area contributed by atoms with Crippen molar-refractivity contribution in [3.05, 3.63) is 23.4 Å². The van der Waals surface area contributed by atoms with Gasteiger partial charge in [-0.2, -0.15) is 8.42 Å². The Morgan fingerprint density at radius 2 is 1.86 bits per heavy atom. The molecule has 158 valence electrons. The van der Waals surface area contributed by atoms with E-state index in [1.165, 1.54) is 49.7 Å². The normalized spacial score (nSPS) is 40.0. The van der Waals surface area contributed by atoms with Crippen molar-refractivity contribution in [2.45, 2.75) is 72.6 Å². The first kappa shape index (κ1) is 20.5. The monoisotopic (exact) mass is 407 g/mol. The average Bonchev–Trinajstić information content (AvgIpc) is 2.58. The van der Waals surface area contributed by atoms with E-state index < -0.39 is 10.1 Å². The molecular weight excluding hydrogens is 370 g/mol. The molecule has 1 heterocycles. The fourth-order valence-corrected chi connectivity index (χ4v) is 8.28. The first-order valence-electron chi connectivity index (χ1n) is 11.1. The zero-order valence-electron chi connectivity index (χ0n) is 18.0. The van der Waals surface area contributed by atoms with Crippen LogP contribution in [0.3, 0.4) is 0 Å². The summed E-state index contributed by atoms with van der Waals surface area (Å²) in [6.45, 7) is 11.3. The third-order valence-electron chi connectivity index (χ3n) is 9.01. The van der Waals surface area contributed by atoms with Gasteiger partial charge in [-0.05, 0) is 90.0 Å². The van der Waals surface area contributed by atoms with Gasteiger partial charge in [-0.25, -0.2) is 0 Å². The van der Waals surface area contributed by atoms with E-state index in [0.717, 1.165) is 24.8 Å². The number of rotatable bonds is 3. The Balaban J connectivity index is 1.59. The molecule has 0 amide bonds. The molecule has 3 aliphatic carbocycles. The maximum Gasteiger partial charge on any atom is 0.266 e. The van der Waals surface area contributed by atoms with Crippen LogP contribution in [0, 0.1) is 28.1 Å². The molecule has 28 heavy (non-hydrogen) atoms. The lowest BCUT2D eigenvalue weighted by molar-refractivity contribution is -0.123. The Hall–Kier alpha value is -0.810. The molecule has 0 aromatic rings. The van der Waals surface area contributed by atoms with Gasteiger partial charge in [0.2, 0.25) is 0 Å². The highest BCUT2D eigenvalue weighted by Gasteiger charge is 2.59. The highest BCUT2D eigenvalue weighted by Crippen LogP contribution is 2.68. The zero-order chi connectivity index (χ0) is 20.4. The van der Waals surface area contributed by atoms with Gasteiger partial charge in [-0.15, -0.1) is 0 Å². The van der Waals surface area contributed by atoms with Crippen molar-refractivity contribution in [2.24, 2.45) is 28.1 Å². The van der Waals surface area contributed by atoms with Crippen molar-refractivity contribution >= 4 is 10.1 Å². The molecule has 4 atom stereocenters. The van der Waals surface area contributed by atoms with Crippen LogP contribution in [0.1, 0.15) is 72.6 Å². The second-order valence-electron chi connectivity index (χ2n) is 11.0. The summed E-state index contributed by atoms with van der Waals surface area (Å²) >= 11 is 0. The second kappa shape index (κ2) is 6.60. The van der Waals surface area contributed by atoms with Crippen LogP contribution in [0.2, 0.25) is 0 Å². The van der Waals surface area contributed by atoms with Gasteiger partial charge < -0.3 is 4.90 Å². The molecule has 1 aliphatic heterocycles. The minimum atomic E-state index is -3.91. The summed E-state index contributed by atoms with van der Waals surface area (Å²) in [7, 11) is -3.91. The van der Waals surface area contributed by atoms with E-state index in [1.807, 2.05) is 4.90 Å². The minimum Gasteiger partial charge on any atom is -0.372 e. The number of allylic oxidation sites excluding steroid dienone is 2. The van der Waals surface area contributed by atoms with Gasteiger partial charge in [0.15, 0.2) is 0 Å². The Kier molecular flexibility index (Phi) is 4.82. The molecule has 0 saturated heterocycles. The number of hydrogen-bond acceptors (Lipinski definition) is 3. The van der Waals surface area contributed by atoms with E-state index in [2.05, 4.69) is 40.0 Å². The minimum absolute atomic E-state index is 0.200. The van der Waals surface area contributed by atoms with Crippen molar-refractivity contribution in [3.8, 4) is 0 Å². The molecular formula is C23H37NO3S. The van der Waals surface area contributed by atoms with Crippen LogP contribution in [0.25, 0.3) is 0 Å². The lowest BCUT2D eigenvalue weighted by Crippen LogP contribution is -2.56. The largest absolute Gasteiger partial charge is 0.372 e. The Labute approximate surface area is 171 Å². The van der Waals surface area contributed by atoms with E-state index in [9.17, 15) is 8.42 Å². The lowest BCUT2D eigenvalue weighted by atomic mass is 9.40. The van der Waals surface area contributed by atoms with E-state index in [4.69, 9.17) is 4.55 Å². The molecule has 2 fully saturated rings. The Morgan fingerprint density at radius 1 is 1.11 bits per heavy atom. The summed E-state index contributed by atoms with van der Waals surface area (Å²) in [6, 6.07) is 0. The third kappa shape index (κ3) is 3.27. The van der Waals surface area contributed by atoms with Gasteiger partial charge in [-0.3, -0.25) is 4.55 Å². The van der Waals surface area contributed by atoms with Crippen molar-refractivity contribution < 1.29 is 13.0 Å². The maximum absolute atomic E-state index is 11.1. The maximum atomic E-state index is 11.1. The molecule has 4 aliphatic rings. The third-order valence-corrected chi connectivity index (χ3v) is 9.71. The van der Waals surface area contributed by atoms with E-state index in [0.29, 0.717) is 17.4 Å². The van der Waals surface area contributed by atoms with Gasteiger partial charge in [-0.1, -0.05) is 34.1 Å². The number of fused-ring (bicyclic) bond motifs is 4. The van der Waals surface area contributed by atoms with E-state index in [1.54, 1.807) is 0 Å². The molecule has 4 rings (SSSR count). The van der Waals surface area contributed by atoms with Crippen LogP contribution in [0.5, 0.6) is 0 Å². The fourth-order valence-electron chi connectivity index (χ4n) is 7.81. The van der Waals surface area contributed by atoms with Crippen molar-refractivity contribution in [1.82, 2.24) is 4.90 Å². The van der Waals surface area contributed by atoms with E-state index in [-0.39, 0.29) is 11.2 Å². The lowest BCUT2D eigenvalue weighted by Gasteiger charge is -2.64. The number of nitrogens with zero attached hydrogens (tertiary/aromatic N) is 1. The predicted molar refractivity (Wildman–Crippen MR) is 113 cm³/mol. The van der Waals surface area contributed by atoms with Gasteiger partial charge in [0.1, 0.15) is 0 Å². The highest BCUT2D eigenvalue weighted by molar-refractivity contribution is 7.85. The topological polar surface area (TPSA) is 57.6 Å². The van der Waals surface area contributed by atoms with Gasteiger partial charge in [0, 0.05) is 13.1 Å². The summed E-state index contributed by atoms with van der Waals surface area (Å²) < 4.78 is 31.3. The van der Waals surface area contributed by atoms with Crippen LogP contribution in [-0.4, -0.2) is 36.7 Å². The molecule has 0 aromatic carbocycles. The van der Waals surface area contributed by atoms with Crippen LogP contribution in [-0.2, 0) is 10.1 Å². The predicted octanol–water partition coefficient (Wildman–Crippen LogP) is 5.04. The Bertz CT molecular complexity index is 812. The fraction of sp³-hybridized carbons (Fsp3) is 0.826. The number of hydrogen-bond donors (Lipinski definition) is 1. The molecule has 4 nitrogen and oxygen atoms in total.